The van der Waals surface area contributed by atoms with Crippen LogP contribution in [0.1, 0.15) is 12.1 Å². The maximum absolute atomic E-state index is 10.9. The highest BCUT2D eigenvalue weighted by atomic mass is 16.1. The number of carbonyl (C=O) groups is 1. The number of anilines is 1. The van der Waals surface area contributed by atoms with Crippen LogP contribution in [0.15, 0.2) is 12.3 Å². The number of hydrogen-bond donors (Lipinski definition) is 2. The maximum atomic E-state index is 10.9. The predicted molar refractivity (Wildman–Crippen MR) is 51.8 cm³/mol. The van der Waals surface area contributed by atoms with Gasteiger partial charge in [-0.1, -0.05) is 0 Å². The van der Waals surface area contributed by atoms with Gasteiger partial charge in [-0.25, -0.2) is 9.97 Å². The van der Waals surface area contributed by atoms with Crippen molar-refractivity contribution < 1.29 is 4.79 Å². The third-order valence-corrected chi connectivity index (χ3v) is 2.11. The van der Waals surface area contributed by atoms with Crippen LogP contribution in [0.3, 0.4) is 0 Å². The van der Waals surface area contributed by atoms with Gasteiger partial charge in [0.25, 0.3) is 0 Å². The van der Waals surface area contributed by atoms with E-state index in [2.05, 4.69) is 20.6 Å². The first-order valence-electron chi connectivity index (χ1n) is 4.57. The lowest BCUT2D eigenvalue weighted by atomic mass is 10.2. The molecule has 2 rings (SSSR count). The van der Waals surface area contributed by atoms with Crippen molar-refractivity contribution in [1.82, 2.24) is 15.3 Å². The number of amides is 1. The van der Waals surface area contributed by atoms with Gasteiger partial charge in [0.15, 0.2) is 0 Å². The van der Waals surface area contributed by atoms with Gasteiger partial charge < -0.3 is 10.6 Å². The predicted octanol–water partition coefficient (Wildman–Crippen LogP) is 0.0854. The summed E-state index contributed by atoms with van der Waals surface area (Å²) in [6.07, 6.45) is 2.20. The molecule has 1 saturated heterocycles. The second-order valence-corrected chi connectivity index (χ2v) is 3.37. The van der Waals surface area contributed by atoms with Crippen LogP contribution in [0.25, 0.3) is 0 Å². The molecule has 5 nitrogen and oxygen atoms in total. The summed E-state index contributed by atoms with van der Waals surface area (Å²) in [4.78, 5) is 19.2. The van der Waals surface area contributed by atoms with Crippen LogP contribution in [0.4, 0.5) is 5.95 Å². The van der Waals surface area contributed by atoms with Gasteiger partial charge >= 0.3 is 0 Å². The fourth-order valence-electron chi connectivity index (χ4n) is 1.41. The van der Waals surface area contributed by atoms with Gasteiger partial charge in [0.1, 0.15) is 0 Å². The third kappa shape index (κ3) is 1.99. The summed E-state index contributed by atoms with van der Waals surface area (Å²) in [5.41, 5.74) is 0.916. The standard InChI is InChI=1S/C9H12N4O/c1-6-2-3-10-9(12-6)13-7-4-8(14)11-5-7/h2-3,7H,4-5H2,1H3,(H,11,14)(H,10,12,13). The van der Waals surface area contributed by atoms with E-state index in [1.165, 1.54) is 0 Å². The highest BCUT2D eigenvalue weighted by molar-refractivity contribution is 5.79. The minimum Gasteiger partial charge on any atom is -0.354 e. The van der Waals surface area contributed by atoms with Gasteiger partial charge in [-0.2, -0.15) is 0 Å². The zero-order chi connectivity index (χ0) is 9.97. The molecule has 0 bridgehead atoms. The maximum Gasteiger partial charge on any atom is 0.223 e. The molecule has 1 aliphatic rings. The molecule has 1 atom stereocenters. The van der Waals surface area contributed by atoms with Crippen molar-refractivity contribution in [1.29, 1.82) is 0 Å². The number of aromatic nitrogens is 2. The van der Waals surface area contributed by atoms with Gasteiger partial charge in [0.2, 0.25) is 11.9 Å². The van der Waals surface area contributed by atoms with Gasteiger partial charge in [-0.3, -0.25) is 4.79 Å². The lowest BCUT2D eigenvalue weighted by Gasteiger charge is -2.09. The molecule has 74 valence electrons. The number of aryl methyl sites for hydroxylation is 1. The van der Waals surface area contributed by atoms with Crippen molar-refractivity contribution in [2.45, 2.75) is 19.4 Å². The van der Waals surface area contributed by atoms with Crippen molar-refractivity contribution in [3.63, 3.8) is 0 Å². The third-order valence-electron chi connectivity index (χ3n) is 2.11. The molecule has 1 amide bonds. The Labute approximate surface area is 82.0 Å². The normalized spacial score (nSPS) is 20.6. The van der Waals surface area contributed by atoms with Crippen molar-refractivity contribution >= 4 is 11.9 Å². The second kappa shape index (κ2) is 3.61. The number of nitrogens with one attached hydrogen (secondary N) is 2. The molecule has 1 fully saturated rings. The second-order valence-electron chi connectivity index (χ2n) is 3.37. The summed E-state index contributed by atoms with van der Waals surface area (Å²) in [5, 5.41) is 5.85. The van der Waals surface area contributed by atoms with Gasteiger partial charge in [0, 0.05) is 24.9 Å². The van der Waals surface area contributed by atoms with Crippen molar-refractivity contribution in [3.8, 4) is 0 Å². The van der Waals surface area contributed by atoms with Gasteiger partial charge in [-0.05, 0) is 13.0 Å². The Morgan fingerprint density at radius 3 is 3.14 bits per heavy atom. The Bertz CT molecular complexity index is 352. The lowest BCUT2D eigenvalue weighted by Crippen LogP contribution is -2.23. The average molecular weight is 192 g/mol. The molecule has 1 aromatic rings. The molecule has 1 unspecified atom stereocenters. The van der Waals surface area contributed by atoms with E-state index in [0.717, 1.165) is 5.69 Å². The lowest BCUT2D eigenvalue weighted by molar-refractivity contribution is -0.119. The molecular weight excluding hydrogens is 180 g/mol. The molecule has 1 aliphatic heterocycles. The first kappa shape index (κ1) is 8.93. The number of carbonyl (C=O) groups excluding carboxylic acids is 1. The molecule has 0 aromatic carbocycles. The topological polar surface area (TPSA) is 66.9 Å². The first-order chi connectivity index (χ1) is 6.74. The summed E-state index contributed by atoms with van der Waals surface area (Å²) < 4.78 is 0. The smallest absolute Gasteiger partial charge is 0.223 e. The number of hydrogen-bond acceptors (Lipinski definition) is 4. The van der Waals surface area contributed by atoms with E-state index >= 15 is 0 Å². The number of rotatable bonds is 2. The highest BCUT2D eigenvalue weighted by Crippen LogP contribution is 2.06. The molecule has 2 heterocycles. The van der Waals surface area contributed by atoms with Crippen LogP contribution in [-0.2, 0) is 4.79 Å². The van der Waals surface area contributed by atoms with Crippen LogP contribution < -0.4 is 10.6 Å². The average Bonchev–Trinajstić information content (AvgIpc) is 2.51. The van der Waals surface area contributed by atoms with E-state index in [9.17, 15) is 4.79 Å². The van der Waals surface area contributed by atoms with Gasteiger partial charge in [-0.15, -0.1) is 0 Å². The van der Waals surface area contributed by atoms with E-state index < -0.39 is 0 Å². The van der Waals surface area contributed by atoms with Crippen LogP contribution >= 0.6 is 0 Å². The van der Waals surface area contributed by atoms with E-state index in [4.69, 9.17) is 0 Å². The zero-order valence-corrected chi connectivity index (χ0v) is 7.95. The monoisotopic (exact) mass is 192 g/mol. The van der Waals surface area contributed by atoms with Crippen LogP contribution in [0, 0.1) is 6.92 Å². The van der Waals surface area contributed by atoms with Gasteiger partial charge in [0.05, 0.1) is 6.04 Å². The van der Waals surface area contributed by atoms with Crippen molar-refractivity contribution in [2.75, 3.05) is 11.9 Å². The summed E-state index contributed by atoms with van der Waals surface area (Å²) in [7, 11) is 0. The van der Waals surface area contributed by atoms with Crippen LogP contribution in [0.5, 0.6) is 0 Å². The highest BCUT2D eigenvalue weighted by Gasteiger charge is 2.21. The molecule has 1 aromatic heterocycles. The SMILES string of the molecule is Cc1ccnc(NC2CNC(=O)C2)n1. The Hall–Kier alpha value is -1.65. The quantitative estimate of drug-likeness (QED) is 0.696. The van der Waals surface area contributed by atoms with E-state index in [1.807, 2.05) is 13.0 Å². The summed E-state index contributed by atoms with van der Waals surface area (Å²) >= 11 is 0. The Morgan fingerprint density at radius 2 is 2.50 bits per heavy atom. The number of nitrogens with zero attached hydrogens (tertiary/aromatic N) is 2. The minimum atomic E-state index is 0.0788. The Kier molecular flexibility index (Phi) is 2.30. The zero-order valence-electron chi connectivity index (χ0n) is 7.95. The molecule has 2 N–H and O–H groups in total. The van der Waals surface area contributed by atoms with Crippen LogP contribution in [-0.4, -0.2) is 28.5 Å². The summed E-state index contributed by atoms with van der Waals surface area (Å²) in [5.74, 6) is 0.668. The summed E-state index contributed by atoms with van der Waals surface area (Å²) in [6.45, 7) is 2.56. The molecule has 5 heteroatoms. The largest absolute Gasteiger partial charge is 0.354 e. The molecule has 0 radical (unpaired) electrons. The molecule has 0 aliphatic carbocycles. The fraction of sp³-hybridized carbons (Fsp3) is 0.444. The van der Waals surface area contributed by atoms with E-state index in [-0.39, 0.29) is 11.9 Å². The first-order valence-corrected chi connectivity index (χ1v) is 4.57. The molecule has 0 spiro atoms. The van der Waals surface area contributed by atoms with E-state index in [0.29, 0.717) is 18.9 Å². The molecular formula is C9H12N4O. The Balaban J connectivity index is 2.00. The fourth-order valence-corrected chi connectivity index (χ4v) is 1.41. The van der Waals surface area contributed by atoms with Crippen molar-refractivity contribution in [2.24, 2.45) is 0 Å². The van der Waals surface area contributed by atoms with Crippen molar-refractivity contribution in [3.05, 3.63) is 18.0 Å². The van der Waals surface area contributed by atoms with E-state index in [1.54, 1.807) is 6.20 Å². The molecule has 14 heavy (non-hydrogen) atoms. The summed E-state index contributed by atoms with van der Waals surface area (Å²) in [6, 6.07) is 1.95. The Morgan fingerprint density at radius 1 is 1.64 bits per heavy atom. The minimum absolute atomic E-state index is 0.0788. The molecule has 0 saturated carbocycles. The van der Waals surface area contributed by atoms with Crippen LogP contribution in [0.2, 0.25) is 0 Å².